The number of Topliss-reactive ketones (excluding diaryl/α,β-unsaturated/α-hetero) is 1. The van der Waals surface area contributed by atoms with Crippen LogP contribution < -0.4 is 5.32 Å². The van der Waals surface area contributed by atoms with Crippen LogP contribution in [0.25, 0.3) is 0 Å². The molecule has 3 unspecified atom stereocenters. The Morgan fingerprint density at radius 1 is 1.30 bits per heavy atom. The monoisotopic (exact) mass is 275 g/mol. The van der Waals surface area contributed by atoms with Gasteiger partial charge >= 0.3 is 0 Å². The van der Waals surface area contributed by atoms with Gasteiger partial charge in [-0.1, -0.05) is 24.3 Å². The molecule has 4 rings (SSSR count). The van der Waals surface area contributed by atoms with Gasteiger partial charge < -0.3 is 5.32 Å². The van der Waals surface area contributed by atoms with Crippen molar-refractivity contribution in [3.63, 3.8) is 0 Å². The normalized spacial score (nSPS) is 35.4. The van der Waals surface area contributed by atoms with Gasteiger partial charge in [0.25, 0.3) is 5.92 Å². The number of ketones is 2. The van der Waals surface area contributed by atoms with E-state index in [1.165, 1.54) is 13.0 Å². The first-order valence-corrected chi connectivity index (χ1v) is 6.43. The van der Waals surface area contributed by atoms with Crippen molar-refractivity contribution in [2.75, 3.05) is 0 Å². The number of allylic oxidation sites excluding steroid dienone is 2. The maximum atomic E-state index is 14.4. The lowest BCUT2D eigenvalue weighted by Crippen LogP contribution is -2.38. The molecule has 3 aliphatic rings. The number of carbonyl (C=O) groups is 2. The van der Waals surface area contributed by atoms with Crippen molar-refractivity contribution in [3.8, 4) is 0 Å². The third kappa shape index (κ3) is 0.994. The van der Waals surface area contributed by atoms with E-state index in [0.717, 1.165) is 0 Å². The lowest BCUT2D eigenvalue weighted by Gasteiger charge is -2.25. The lowest BCUT2D eigenvalue weighted by molar-refractivity contribution is -0.119. The summed E-state index contributed by atoms with van der Waals surface area (Å²) >= 11 is 0. The summed E-state index contributed by atoms with van der Waals surface area (Å²) in [6.45, 7) is 1.30. The van der Waals surface area contributed by atoms with Gasteiger partial charge in [0, 0.05) is 17.3 Å². The van der Waals surface area contributed by atoms with E-state index in [-0.39, 0.29) is 17.3 Å². The predicted molar refractivity (Wildman–Crippen MR) is 66.6 cm³/mol. The Morgan fingerprint density at radius 2 is 2.00 bits per heavy atom. The number of halogens is 2. The minimum absolute atomic E-state index is 0.191. The molecule has 5 heteroatoms. The van der Waals surface area contributed by atoms with E-state index in [0.29, 0.717) is 11.1 Å². The lowest BCUT2D eigenvalue weighted by atomic mass is 9.81. The van der Waals surface area contributed by atoms with Crippen LogP contribution in [0.5, 0.6) is 0 Å². The number of hydrogen-bond acceptors (Lipinski definition) is 3. The first-order valence-electron chi connectivity index (χ1n) is 6.43. The van der Waals surface area contributed by atoms with Gasteiger partial charge in [-0.25, -0.2) is 8.78 Å². The van der Waals surface area contributed by atoms with Crippen molar-refractivity contribution in [2.24, 2.45) is 5.92 Å². The van der Waals surface area contributed by atoms with Gasteiger partial charge in [-0.3, -0.25) is 9.59 Å². The van der Waals surface area contributed by atoms with Gasteiger partial charge in [-0.2, -0.15) is 0 Å². The fourth-order valence-corrected chi connectivity index (χ4v) is 3.84. The molecule has 0 amide bonds. The average molecular weight is 275 g/mol. The SMILES string of the molecule is CC(=O)C1NC2=CC(=O)c3ccccc3C23C1C3(F)F. The van der Waals surface area contributed by atoms with E-state index in [2.05, 4.69) is 5.32 Å². The molecule has 1 aliphatic heterocycles. The number of rotatable bonds is 1. The molecule has 2 fully saturated rings. The van der Waals surface area contributed by atoms with Crippen LogP contribution in [-0.4, -0.2) is 23.5 Å². The largest absolute Gasteiger partial charge is 0.377 e. The molecule has 3 atom stereocenters. The number of piperidine rings is 1. The minimum Gasteiger partial charge on any atom is -0.377 e. The molecule has 0 bridgehead atoms. The van der Waals surface area contributed by atoms with Crippen LogP contribution in [0.4, 0.5) is 8.78 Å². The number of nitrogens with one attached hydrogen (secondary N) is 1. The summed E-state index contributed by atoms with van der Waals surface area (Å²) in [4.78, 5) is 23.6. The van der Waals surface area contributed by atoms with Gasteiger partial charge in [0.1, 0.15) is 5.41 Å². The fourth-order valence-electron chi connectivity index (χ4n) is 3.84. The fraction of sp³-hybridized carbons (Fsp3) is 0.333. The molecule has 2 aliphatic carbocycles. The predicted octanol–water partition coefficient (Wildman–Crippen LogP) is 1.83. The smallest absolute Gasteiger partial charge is 0.270 e. The first-order chi connectivity index (χ1) is 9.42. The van der Waals surface area contributed by atoms with Gasteiger partial charge in [0.15, 0.2) is 11.6 Å². The van der Waals surface area contributed by atoms with Crippen molar-refractivity contribution in [1.82, 2.24) is 5.32 Å². The molecule has 20 heavy (non-hydrogen) atoms. The van der Waals surface area contributed by atoms with Gasteiger partial charge in [-0.05, 0) is 12.5 Å². The summed E-state index contributed by atoms with van der Waals surface area (Å²) in [7, 11) is 0. The molecule has 1 aromatic rings. The zero-order valence-electron chi connectivity index (χ0n) is 10.6. The number of alkyl halides is 2. The van der Waals surface area contributed by atoms with E-state index in [1.54, 1.807) is 24.3 Å². The Labute approximate surface area is 113 Å². The second-order valence-electron chi connectivity index (χ2n) is 5.61. The number of fused-ring (bicyclic) bond motifs is 1. The topological polar surface area (TPSA) is 46.2 Å². The highest BCUT2D eigenvalue weighted by atomic mass is 19.3. The summed E-state index contributed by atoms with van der Waals surface area (Å²) in [5.74, 6) is -4.70. The van der Waals surface area contributed by atoms with E-state index < -0.39 is 23.3 Å². The minimum atomic E-state index is -2.99. The van der Waals surface area contributed by atoms with Crippen molar-refractivity contribution in [1.29, 1.82) is 0 Å². The molecular formula is C15H11F2NO2. The molecule has 1 saturated heterocycles. The number of hydrogen-bond donors (Lipinski definition) is 1. The summed E-state index contributed by atoms with van der Waals surface area (Å²) in [6, 6.07) is 5.52. The van der Waals surface area contributed by atoms with E-state index in [1.807, 2.05) is 0 Å². The molecule has 1 aromatic carbocycles. The maximum Gasteiger partial charge on any atom is 0.270 e. The maximum absolute atomic E-state index is 14.4. The van der Waals surface area contributed by atoms with Crippen LogP contribution in [0, 0.1) is 5.92 Å². The summed E-state index contributed by atoms with van der Waals surface area (Å²) in [6.07, 6.45) is 1.22. The van der Waals surface area contributed by atoms with Crippen LogP contribution in [0.1, 0.15) is 22.8 Å². The molecule has 1 N–H and O–H groups in total. The van der Waals surface area contributed by atoms with Crippen LogP contribution >= 0.6 is 0 Å². The van der Waals surface area contributed by atoms with Crippen molar-refractivity contribution >= 4 is 11.6 Å². The van der Waals surface area contributed by atoms with E-state index >= 15 is 0 Å². The summed E-state index contributed by atoms with van der Waals surface area (Å²) < 4.78 is 28.9. The molecule has 3 nitrogen and oxygen atoms in total. The average Bonchev–Trinajstić information content (AvgIpc) is 2.74. The second kappa shape index (κ2) is 3.16. The molecule has 1 heterocycles. The Hall–Kier alpha value is -2.04. The van der Waals surface area contributed by atoms with E-state index in [9.17, 15) is 18.4 Å². The zero-order chi connectivity index (χ0) is 14.3. The second-order valence-corrected chi connectivity index (χ2v) is 5.61. The Balaban J connectivity index is 2.00. The van der Waals surface area contributed by atoms with Crippen LogP contribution in [0.3, 0.4) is 0 Å². The molecule has 1 saturated carbocycles. The quantitative estimate of drug-likeness (QED) is 0.850. The Kier molecular flexibility index (Phi) is 1.86. The van der Waals surface area contributed by atoms with E-state index in [4.69, 9.17) is 0 Å². The van der Waals surface area contributed by atoms with Crippen LogP contribution in [0.15, 0.2) is 36.0 Å². The Bertz CT molecular complexity index is 710. The molecule has 0 aromatic heterocycles. The molecule has 1 spiro atoms. The Morgan fingerprint density at radius 3 is 2.70 bits per heavy atom. The van der Waals surface area contributed by atoms with Crippen LogP contribution in [-0.2, 0) is 10.2 Å². The highest BCUT2D eigenvalue weighted by Gasteiger charge is 2.89. The third-order valence-corrected chi connectivity index (χ3v) is 4.70. The number of carbonyl (C=O) groups excluding carboxylic acids is 2. The summed E-state index contributed by atoms with van der Waals surface area (Å²) in [5, 5.41) is 2.82. The van der Waals surface area contributed by atoms with Gasteiger partial charge in [0.2, 0.25) is 0 Å². The molecule has 102 valence electrons. The molecule has 0 radical (unpaired) electrons. The van der Waals surface area contributed by atoms with Crippen molar-refractivity contribution < 1.29 is 18.4 Å². The van der Waals surface area contributed by atoms with Gasteiger partial charge in [0.05, 0.1) is 12.0 Å². The standard InChI is InChI=1S/C15H11F2NO2/c1-7(19)12-13-14(15(13,16)17)9-5-3-2-4-8(9)10(20)6-11(14)18-12/h2-6,12-13,18H,1H3. The number of benzene rings is 1. The molecular weight excluding hydrogens is 264 g/mol. The highest BCUT2D eigenvalue weighted by molar-refractivity contribution is 6.09. The summed E-state index contributed by atoms with van der Waals surface area (Å²) in [5.41, 5.74) is -0.664. The van der Waals surface area contributed by atoms with Crippen LogP contribution in [0.2, 0.25) is 0 Å². The first kappa shape index (κ1) is 11.8. The third-order valence-electron chi connectivity index (χ3n) is 4.70. The van der Waals surface area contributed by atoms with Crippen molar-refractivity contribution in [2.45, 2.75) is 24.3 Å². The van der Waals surface area contributed by atoms with Crippen molar-refractivity contribution in [3.05, 3.63) is 47.2 Å². The zero-order valence-corrected chi connectivity index (χ0v) is 10.6. The highest BCUT2D eigenvalue weighted by Crippen LogP contribution is 2.75. The van der Waals surface area contributed by atoms with Gasteiger partial charge in [-0.15, -0.1) is 0 Å².